The van der Waals surface area contributed by atoms with Crippen LogP contribution in [0.15, 0.2) is 4.91 Å². The molecule has 0 amide bonds. The summed E-state index contributed by atoms with van der Waals surface area (Å²) in [5, 5.41) is 14.7. The number of rotatable bonds is 2. The van der Waals surface area contributed by atoms with E-state index >= 15 is 0 Å². The highest BCUT2D eigenvalue weighted by atomic mass is 32.2. The van der Waals surface area contributed by atoms with Crippen LogP contribution >= 0.6 is 0 Å². The van der Waals surface area contributed by atoms with Gasteiger partial charge >= 0.3 is 15.3 Å². The topological polar surface area (TPSA) is 90.5 Å². The maximum absolute atomic E-state index is 11.1. The number of nitrogens with zero attached hydrogens (tertiary/aromatic N) is 3. The third-order valence-corrected chi connectivity index (χ3v) is 2.53. The Kier molecular flexibility index (Phi) is 3.38. The normalized spacial score (nSPS) is 9.08. The second-order valence-corrected chi connectivity index (χ2v) is 3.62. The van der Waals surface area contributed by atoms with Crippen LogP contribution in [0.4, 0.5) is 0 Å². The Balaban J connectivity index is 5.56. The molecule has 0 saturated carbocycles. The summed E-state index contributed by atoms with van der Waals surface area (Å²) in [4.78, 5) is 4.02. The monoisotopic (exact) mass is 194 g/mol. The maximum Gasteiger partial charge on any atom is 0.583 e. The largest absolute Gasteiger partial charge is 0.583 e. The van der Waals surface area contributed by atoms with E-state index in [1.165, 1.54) is 11.9 Å². The van der Waals surface area contributed by atoms with Gasteiger partial charge in [0.2, 0.25) is 4.91 Å². The van der Waals surface area contributed by atoms with Gasteiger partial charge in [-0.1, -0.05) is 0 Å². The van der Waals surface area contributed by atoms with Gasteiger partial charge in [-0.25, -0.2) is 31.3 Å². The second-order valence-electron chi connectivity index (χ2n) is 1.70. The zero-order valence-electron chi connectivity index (χ0n) is 6.14. The number of hydrogen-bond acceptors (Lipinski definition) is 4. The standard InChI is InChI=1S/C6H2N4O2S/c1-9-6(10-2)13(11,12)5(3-7)4-8/h6-7H. The third-order valence-electron chi connectivity index (χ3n) is 0.998. The van der Waals surface area contributed by atoms with Gasteiger partial charge in [0.1, 0.15) is 6.07 Å². The highest BCUT2D eigenvalue weighted by molar-refractivity contribution is 7.96. The number of hydrogen-bond donors (Lipinski definition) is 1. The van der Waals surface area contributed by atoms with Gasteiger partial charge in [0, 0.05) is 5.87 Å². The van der Waals surface area contributed by atoms with Crippen LogP contribution in [0.3, 0.4) is 0 Å². The predicted octanol–water partition coefficient (Wildman–Crippen LogP) is 0.179. The van der Waals surface area contributed by atoms with E-state index in [1.807, 2.05) is 0 Å². The van der Waals surface area contributed by atoms with Crippen LogP contribution in [-0.4, -0.2) is 19.8 Å². The Bertz CT molecular complexity index is 464. The summed E-state index contributed by atoms with van der Waals surface area (Å²) in [5.74, 6) is 1.37. The van der Waals surface area contributed by atoms with Gasteiger partial charge in [0.15, 0.2) is 0 Å². The molecule has 0 saturated heterocycles. The lowest BCUT2D eigenvalue weighted by Gasteiger charge is -1.90. The summed E-state index contributed by atoms with van der Waals surface area (Å²) in [6, 6.07) is 1.18. The first kappa shape index (κ1) is 10.9. The summed E-state index contributed by atoms with van der Waals surface area (Å²) in [6.45, 7) is 12.8. The van der Waals surface area contributed by atoms with Crippen molar-refractivity contribution < 1.29 is 8.42 Å². The van der Waals surface area contributed by atoms with Crippen LogP contribution in [0.1, 0.15) is 0 Å². The van der Waals surface area contributed by atoms with Crippen molar-refractivity contribution in [3.8, 4) is 6.07 Å². The zero-order chi connectivity index (χ0) is 10.5. The summed E-state index contributed by atoms with van der Waals surface area (Å²) in [6.07, 6.45) is 0. The number of nitriles is 1. The van der Waals surface area contributed by atoms with E-state index in [2.05, 4.69) is 9.69 Å². The number of allylic oxidation sites excluding steroid dienone is 1. The van der Waals surface area contributed by atoms with Crippen molar-refractivity contribution in [1.82, 2.24) is 0 Å². The average Bonchev–Trinajstić information content (AvgIpc) is 2.07. The molecule has 0 aliphatic rings. The Hall–Kier alpha value is -2.13. The molecule has 64 valence electrons. The van der Waals surface area contributed by atoms with E-state index in [0.29, 0.717) is 0 Å². The Morgan fingerprint density at radius 2 is 1.92 bits per heavy atom. The summed E-state index contributed by atoms with van der Waals surface area (Å²) >= 11 is 0. The van der Waals surface area contributed by atoms with E-state index in [9.17, 15) is 8.42 Å². The lowest BCUT2D eigenvalue weighted by molar-refractivity contribution is 0.601. The van der Waals surface area contributed by atoms with Crippen molar-refractivity contribution in [2.24, 2.45) is 0 Å². The third kappa shape index (κ3) is 1.91. The molecule has 0 aliphatic heterocycles. The van der Waals surface area contributed by atoms with Crippen molar-refractivity contribution in [2.75, 3.05) is 0 Å². The van der Waals surface area contributed by atoms with E-state index in [-0.39, 0.29) is 0 Å². The summed E-state index contributed by atoms with van der Waals surface area (Å²) in [5.41, 5.74) is -1.99. The predicted molar refractivity (Wildman–Crippen MR) is 42.8 cm³/mol. The zero-order valence-corrected chi connectivity index (χ0v) is 6.96. The first-order valence-electron chi connectivity index (χ1n) is 2.71. The van der Waals surface area contributed by atoms with Crippen molar-refractivity contribution >= 4 is 15.7 Å². The molecule has 0 rings (SSSR count). The molecule has 0 radical (unpaired) electrons. The molecule has 0 unspecified atom stereocenters. The second kappa shape index (κ2) is 4.04. The number of sulfone groups is 1. The molecule has 13 heavy (non-hydrogen) atoms. The molecule has 0 aromatic carbocycles. The SMILES string of the molecule is [C-]#[N+]C([N+]#[C-])S(=O)(=O)C(=C=N)C#N. The molecule has 1 N–H and O–H groups in total. The van der Waals surface area contributed by atoms with E-state index in [0.717, 1.165) is 0 Å². The molecule has 0 aliphatic carbocycles. The molecule has 0 spiro atoms. The number of nitrogens with one attached hydrogen (secondary N) is 1. The van der Waals surface area contributed by atoms with E-state index < -0.39 is 20.2 Å². The molecule has 0 aromatic rings. The first-order valence-corrected chi connectivity index (χ1v) is 4.26. The van der Waals surface area contributed by atoms with Gasteiger partial charge in [0.05, 0.1) is 0 Å². The Labute approximate surface area is 74.8 Å². The minimum absolute atomic E-state index is 0.996. The quantitative estimate of drug-likeness (QED) is 0.386. The van der Waals surface area contributed by atoms with Crippen LogP contribution in [-0.2, 0) is 9.84 Å². The fraction of sp³-hybridized carbons (Fsp3) is 0.167. The van der Waals surface area contributed by atoms with Crippen molar-refractivity contribution in [3.05, 3.63) is 27.7 Å². The maximum atomic E-state index is 11.1. The lowest BCUT2D eigenvalue weighted by Crippen LogP contribution is -2.15. The summed E-state index contributed by atoms with van der Waals surface area (Å²) < 4.78 is 22.2. The first-order chi connectivity index (χ1) is 6.04. The molecule has 0 atom stereocenters. The molecule has 0 aromatic heterocycles. The highest BCUT2D eigenvalue weighted by Crippen LogP contribution is 2.12. The van der Waals surface area contributed by atoms with Gasteiger partial charge in [-0.15, -0.1) is 0 Å². The van der Waals surface area contributed by atoms with Crippen LogP contribution in [0, 0.1) is 29.9 Å². The molecule has 0 bridgehead atoms. The fourth-order valence-corrected chi connectivity index (χ4v) is 1.19. The van der Waals surface area contributed by atoms with Crippen molar-refractivity contribution in [1.29, 1.82) is 10.7 Å². The van der Waals surface area contributed by atoms with Crippen LogP contribution in [0.5, 0.6) is 0 Å². The summed E-state index contributed by atoms with van der Waals surface area (Å²) in [7, 11) is -4.31. The highest BCUT2D eigenvalue weighted by Gasteiger charge is 2.40. The van der Waals surface area contributed by atoms with Gasteiger partial charge in [0.25, 0.3) is 0 Å². The van der Waals surface area contributed by atoms with Gasteiger partial charge < -0.3 is 0 Å². The van der Waals surface area contributed by atoms with Gasteiger partial charge in [-0.05, 0) is 0 Å². The van der Waals surface area contributed by atoms with Crippen LogP contribution in [0.25, 0.3) is 9.69 Å². The smallest absolute Gasteiger partial charge is 0.257 e. The molecule has 7 heteroatoms. The van der Waals surface area contributed by atoms with Crippen molar-refractivity contribution in [2.45, 2.75) is 5.50 Å². The fourth-order valence-electron chi connectivity index (χ4n) is 0.436. The van der Waals surface area contributed by atoms with Gasteiger partial charge in [-0.3, -0.25) is 5.41 Å². The van der Waals surface area contributed by atoms with Crippen LogP contribution in [0.2, 0.25) is 0 Å². The van der Waals surface area contributed by atoms with E-state index in [4.69, 9.17) is 23.8 Å². The molecule has 0 heterocycles. The minimum Gasteiger partial charge on any atom is -0.257 e. The van der Waals surface area contributed by atoms with E-state index in [1.54, 1.807) is 0 Å². The minimum atomic E-state index is -4.31. The van der Waals surface area contributed by atoms with Crippen molar-refractivity contribution in [3.63, 3.8) is 0 Å². The lowest BCUT2D eigenvalue weighted by atomic mass is 10.7. The molecular formula is C6H2N4O2S. The molecular weight excluding hydrogens is 192 g/mol. The average molecular weight is 194 g/mol. The molecule has 0 fully saturated rings. The van der Waals surface area contributed by atoms with Crippen LogP contribution < -0.4 is 0 Å². The Morgan fingerprint density at radius 1 is 1.46 bits per heavy atom. The Morgan fingerprint density at radius 3 is 2.15 bits per heavy atom. The van der Waals surface area contributed by atoms with Gasteiger partial charge in [-0.2, -0.15) is 5.26 Å². The molecule has 6 nitrogen and oxygen atoms in total.